The molecule has 1 amide bonds. The lowest BCUT2D eigenvalue weighted by Gasteiger charge is -2.09. The molecule has 0 aliphatic heterocycles. The van der Waals surface area contributed by atoms with Crippen LogP contribution in [0.5, 0.6) is 5.75 Å². The number of methoxy groups -OCH3 is 1. The number of thioether (sulfide) groups is 1. The first-order chi connectivity index (χ1) is 12.6. The SMILES string of the molecule is COc1ccc(C)cc1Nc1nc(C(=O)Nc2cccc(SC)c2)cs1. The maximum absolute atomic E-state index is 12.4. The number of amides is 1. The van der Waals surface area contributed by atoms with Gasteiger partial charge in [-0.1, -0.05) is 12.1 Å². The van der Waals surface area contributed by atoms with E-state index in [1.54, 1.807) is 24.3 Å². The Morgan fingerprint density at radius 2 is 2.08 bits per heavy atom. The van der Waals surface area contributed by atoms with E-state index in [2.05, 4.69) is 15.6 Å². The quantitative estimate of drug-likeness (QED) is 0.573. The second kappa shape index (κ2) is 8.25. The van der Waals surface area contributed by atoms with E-state index >= 15 is 0 Å². The summed E-state index contributed by atoms with van der Waals surface area (Å²) in [6.07, 6.45) is 2.00. The molecule has 7 heteroatoms. The van der Waals surface area contributed by atoms with Gasteiger partial charge in [-0.25, -0.2) is 4.98 Å². The minimum absolute atomic E-state index is 0.233. The van der Waals surface area contributed by atoms with Crippen LogP contribution in [-0.4, -0.2) is 24.3 Å². The normalized spacial score (nSPS) is 10.4. The highest BCUT2D eigenvalue weighted by atomic mass is 32.2. The zero-order valence-electron chi connectivity index (χ0n) is 14.7. The Kier molecular flexibility index (Phi) is 5.80. The average Bonchev–Trinajstić information content (AvgIpc) is 3.11. The molecule has 2 aromatic carbocycles. The van der Waals surface area contributed by atoms with Gasteiger partial charge in [-0.2, -0.15) is 0 Å². The molecule has 0 bridgehead atoms. The average molecular weight is 386 g/mol. The molecule has 3 rings (SSSR count). The number of hydrogen-bond donors (Lipinski definition) is 2. The number of hydrogen-bond acceptors (Lipinski definition) is 6. The molecule has 0 spiro atoms. The van der Waals surface area contributed by atoms with Crippen molar-refractivity contribution in [1.82, 2.24) is 4.98 Å². The Morgan fingerprint density at radius 3 is 2.85 bits per heavy atom. The number of ether oxygens (including phenoxy) is 1. The highest BCUT2D eigenvalue weighted by molar-refractivity contribution is 7.98. The van der Waals surface area contributed by atoms with Gasteiger partial charge < -0.3 is 15.4 Å². The summed E-state index contributed by atoms with van der Waals surface area (Å²) in [7, 11) is 1.62. The zero-order chi connectivity index (χ0) is 18.5. The fraction of sp³-hybridized carbons (Fsp3) is 0.158. The van der Waals surface area contributed by atoms with Crippen LogP contribution in [-0.2, 0) is 0 Å². The number of thiazole rings is 1. The van der Waals surface area contributed by atoms with Crippen molar-refractivity contribution in [3.8, 4) is 5.75 Å². The largest absolute Gasteiger partial charge is 0.495 e. The van der Waals surface area contributed by atoms with E-state index in [1.165, 1.54) is 11.3 Å². The van der Waals surface area contributed by atoms with Gasteiger partial charge in [-0.05, 0) is 49.1 Å². The minimum atomic E-state index is -0.233. The molecule has 5 nitrogen and oxygen atoms in total. The first-order valence-electron chi connectivity index (χ1n) is 7.91. The summed E-state index contributed by atoms with van der Waals surface area (Å²) in [4.78, 5) is 17.9. The first kappa shape index (κ1) is 18.3. The standard InChI is InChI=1S/C19H19N3O2S2/c1-12-7-8-17(24-2)15(9-12)21-19-22-16(11-26-19)18(23)20-13-5-4-6-14(10-13)25-3/h4-11H,1-3H3,(H,20,23)(H,21,22). The summed E-state index contributed by atoms with van der Waals surface area (Å²) in [6, 6.07) is 13.6. The van der Waals surface area contributed by atoms with E-state index in [9.17, 15) is 4.79 Å². The molecule has 0 atom stereocenters. The molecule has 0 saturated heterocycles. The third-order valence-electron chi connectivity index (χ3n) is 3.66. The van der Waals surface area contributed by atoms with Crippen molar-refractivity contribution in [3.05, 3.63) is 59.1 Å². The van der Waals surface area contributed by atoms with Crippen LogP contribution in [0.1, 0.15) is 16.1 Å². The number of rotatable bonds is 6. The van der Waals surface area contributed by atoms with Crippen molar-refractivity contribution in [2.75, 3.05) is 24.0 Å². The molecule has 134 valence electrons. The van der Waals surface area contributed by atoms with Crippen LogP contribution in [0.4, 0.5) is 16.5 Å². The van der Waals surface area contributed by atoms with Crippen LogP contribution < -0.4 is 15.4 Å². The van der Waals surface area contributed by atoms with Crippen LogP contribution in [0.2, 0.25) is 0 Å². The van der Waals surface area contributed by atoms with Crippen molar-refractivity contribution in [1.29, 1.82) is 0 Å². The molecule has 2 N–H and O–H groups in total. The smallest absolute Gasteiger partial charge is 0.275 e. The number of carbonyl (C=O) groups is 1. The predicted molar refractivity (Wildman–Crippen MR) is 109 cm³/mol. The molecule has 0 saturated carbocycles. The molecule has 0 aliphatic carbocycles. The summed E-state index contributed by atoms with van der Waals surface area (Å²) in [5.41, 5.74) is 3.06. The summed E-state index contributed by atoms with van der Waals surface area (Å²) < 4.78 is 5.36. The summed E-state index contributed by atoms with van der Waals surface area (Å²) in [5.74, 6) is 0.495. The third-order valence-corrected chi connectivity index (χ3v) is 5.14. The van der Waals surface area contributed by atoms with Gasteiger partial charge in [0.05, 0.1) is 12.8 Å². The second-order valence-electron chi connectivity index (χ2n) is 5.55. The molecule has 0 unspecified atom stereocenters. The van der Waals surface area contributed by atoms with Crippen molar-refractivity contribution in [2.24, 2.45) is 0 Å². The van der Waals surface area contributed by atoms with Gasteiger partial charge in [-0.15, -0.1) is 23.1 Å². The van der Waals surface area contributed by atoms with Gasteiger partial charge in [0.25, 0.3) is 5.91 Å². The van der Waals surface area contributed by atoms with Gasteiger partial charge in [0.1, 0.15) is 11.4 Å². The zero-order valence-corrected chi connectivity index (χ0v) is 16.3. The molecule has 26 heavy (non-hydrogen) atoms. The lowest BCUT2D eigenvalue weighted by atomic mass is 10.2. The Bertz CT molecular complexity index is 925. The van der Waals surface area contributed by atoms with E-state index in [4.69, 9.17) is 4.74 Å². The fourth-order valence-corrected chi connectivity index (χ4v) is 3.53. The van der Waals surface area contributed by atoms with Crippen LogP contribution in [0.25, 0.3) is 0 Å². The van der Waals surface area contributed by atoms with Crippen molar-refractivity contribution < 1.29 is 9.53 Å². The van der Waals surface area contributed by atoms with E-state index in [1.807, 2.05) is 55.6 Å². The van der Waals surface area contributed by atoms with Crippen molar-refractivity contribution in [3.63, 3.8) is 0 Å². The summed E-state index contributed by atoms with van der Waals surface area (Å²) in [5, 5.41) is 8.47. The molecular formula is C19H19N3O2S2. The van der Waals surface area contributed by atoms with Crippen LogP contribution >= 0.6 is 23.1 Å². The van der Waals surface area contributed by atoms with Crippen molar-refractivity contribution >= 4 is 45.5 Å². The van der Waals surface area contributed by atoms with Gasteiger partial charge in [0.2, 0.25) is 0 Å². The summed E-state index contributed by atoms with van der Waals surface area (Å²) >= 11 is 3.00. The Labute approximate surface area is 160 Å². The number of carbonyl (C=O) groups excluding carboxylic acids is 1. The van der Waals surface area contributed by atoms with E-state index in [0.29, 0.717) is 10.8 Å². The van der Waals surface area contributed by atoms with Gasteiger partial charge >= 0.3 is 0 Å². The molecule has 0 aliphatic rings. The molecule has 0 fully saturated rings. The number of aromatic nitrogens is 1. The molecule has 3 aromatic rings. The fourth-order valence-electron chi connectivity index (χ4n) is 2.37. The number of anilines is 3. The highest BCUT2D eigenvalue weighted by Gasteiger charge is 2.13. The Morgan fingerprint density at radius 1 is 1.23 bits per heavy atom. The van der Waals surface area contributed by atoms with E-state index in [0.717, 1.165) is 27.6 Å². The Hall–Kier alpha value is -2.51. The van der Waals surface area contributed by atoms with Gasteiger partial charge in [0.15, 0.2) is 5.13 Å². The lowest BCUT2D eigenvalue weighted by molar-refractivity contribution is 0.102. The number of benzene rings is 2. The number of aryl methyl sites for hydroxylation is 1. The van der Waals surface area contributed by atoms with E-state index < -0.39 is 0 Å². The number of nitrogens with zero attached hydrogens (tertiary/aromatic N) is 1. The molecule has 0 radical (unpaired) electrons. The van der Waals surface area contributed by atoms with Gasteiger partial charge in [-0.3, -0.25) is 4.79 Å². The third kappa shape index (κ3) is 4.36. The van der Waals surface area contributed by atoms with Crippen LogP contribution in [0.3, 0.4) is 0 Å². The van der Waals surface area contributed by atoms with Crippen LogP contribution in [0, 0.1) is 6.92 Å². The minimum Gasteiger partial charge on any atom is -0.495 e. The predicted octanol–water partition coefficient (Wildman–Crippen LogP) is 5.18. The first-order valence-corrected chi connectivity index (χ1v) is 10.0. The topological polar surface area (TPSA) is 63.2 Å². The lowest BCUT2D eigenvalue weighted by Crippen LogP contribution is -2.12. The molecule has 1 heterocycles. The summed E-state index contributed by atoms with van der Waals surface area (Å²) in [6.45, 7) is 2.01. The Balaban J connectivity index is 1.73. The number of nitrogens with one attached hydrogen (secondary N) is 2. The van der Waals surface area contributed by atoms with Crippen LogP contribution in [0.15, 0.2) is 52.7 Å². The van der Waals surface area contributed by atoms with Crippen molar-refractivity contribution in [2.45, 2.75) is 11.8 Å². The maximum Gasteiger partial charge on any atom is 0.275 e. The molecule has 1 aromatic heterocycles. The maximum atomic E-state index is 12.4. The highest BCUT2D eigenvalue weighted by Crippen LogP contribution is 2.30. The molecular weight excluding hydrogens is 366 g/mol. The monoisotopic (exact) mass is 385 g/mol. The van der Waals surface area contributed by atoms with Gasteiger partial charge in [0, 0.05) is 16.0 Å². The van der Waals surface area contributed by atoms with E-state index in [-0.39, 0.29) is 5.91 Å². The second-order valence-corrected chi connectivity index (χ2v) is 7.29.